The predicted octanol–water partition coefficient (Wildman–Crippen LogP) is 2.73. The van der Waals surface area contributed by atoms with Gasteiger partial charge < -0.3 is 4.74 Å². The third-order valence-corrected chi connectivity index (χ3v) is 3.39. The highest BCUT2D eigenvalue weighted by Crippen LogP contribution is 2.19. The highest BCUT2D eigenvalue weighted by atomic mass is 16.5. The van der Waals surface area contributed by atoms with Gasteiger partial charge in [-0.3, -0.25) is 4.90 Å². The number of rotatable bonds is 2. The van der Waals surface area contributed by atoms with E-state index in [1.165, 1.54) is 5.56 Å². The molecule has 0 saturated carbocycles. The van der Waals surface area contributed by atoms with Gasteiger partial charge in [-0.25, -0.2) is 0 Å². The molecule has 1 heterocycles. The van der Waals surface area contributed by atoms with E-state index in [4.69, 9.17) is 4.74 Å². The molecule has 0 bridgehead atoms. The Morgan fingerprint density at radius 3 is 2.59 bits per heavy atom. The molecule has 0 N–H and O–H groups in total. The molecule has 1 aromatic carbocycles. The Balaban J connectivity index is 1.94. The number of ether oxygens (including phenoxy) is 1. The quantitative estimate of drug-likeness (QED) is 0.779. The molecular weight excluding hydrogens is 210 g/mol. The Hall–Kier alpha value is -0.860. The normalized spacial score (nSPS) is 22.6. The van der Waals surface area contributed by atoms with Crippen LogP contribution in [-0.2, 0) is 11.2 Å². The van der Waals surface area contributed by atoms with Crippen molar-refractivity contribution in [2.45, 2.75) is 38.8 Å². The fraction of sp³-hybridized carbons (Fsp3) is 0.600. The summed E-state index contributed by atoms with van der Waals surface area (Å²) in [6.45, 7) is 9.77. The molecular formula is C15H23NO. The smallest absolute Gasteiger partial charge is 0.0743 e. The number of hydrogen-bond donors (Lipinski definition) is 0. The average molecular weight is 233 g/mol. The van der Waals surface area contributed by atoms with Crippen LogP contribution in [0.2, 0.25) is 0 Å². The van der Waals surface area contributed by atoms with E-state index in [1.54, 1.807) is 0 Å². The Morgan fingerprint density at radius 1 is 1.24 bits per heavy atom. The maximum absolute atomic E-state index is 5.87. The molecule has 0 aromatic heterocycles. The van der Waals surface area contributed by atoms with Crippen LogP contribution in [0.3, 0.4) is 0 Å². The lowest BCUT2D eigenvalue weighted by molar-refractivity contribution is -0.0571. The number of benzene rings is 1. The van der Waals surface area contributed by atoms with E-state index < -0.39 is 0 Å². The van der Waals surface area contributed by atoms with Gasteiger partial charge in [-0.05, 0) is 32.8 Å². The maximum atomic E-state index is 5.87. The third-order valence-electron chi connectivity index (χ3n) is 3.39. The van der Waals surface area contributed by atoms with E-state index in [0.717, 1.165) is 26.1 Å². The molecule has 0 spiro atoms. The van der Waals surface area contributed by atoms with Crippen molar-refractivity contribution in [1.82, 2.24) is 4.90 Å². The lowest BCUT2D eigenvalue weighted by Crippen LogP contribution is -2.51. The van der Waals surface area contributed by atoms with Crippen molar-refractivity contribution in [3.63, 3.8) is 0 Å². The number of nitrogens with zero attached hydrogens (tertiary/aromatic N) is 1. The second-order valence-corrected chi connectivity index (χ2v) is 5.80. The van der Waals surface area contributed by atoms with Crippen molar-refractivity contribution in [3.05, 3.63) is 35.9 Å². The van der Waals surface area contributed by atoms with Crippen molar-refractivity contribution in [3.8, 4) is 0 Å². The molecule has 94 valence electrons. The van der Waals surface area contributed by atoms with Crippen LogP contribution in [0.5, 0.6) is 0 Å². The fourth-order valence-electron chi connectivity index (χ4n) is 2.33. The van der Waals surface area contributed by atoms with Crippen LogP contribution in [0.1, 0.15) is 26.3 Å². The Kier molecular flexibility index (Phi) is 3.85. The first kappa shape index (κ1) is 12.6. The van der Waals surface area contributed by atoms with E-state index in [-0.39, 0.29) is 5.54 Å². The van der Waals surface area contributed by atoms with Crippen molar-refractivity contribution >= 4 is 0 Å². The Morgan fingerprint density at radius 2 is 1.94 bits per heavy atom. The first-order valence-electron chi connectivity index (χ1n) is 6.46. The summed E-state index contributed by atoms with van der Waals surface area (Å²) in [6.07, 6.45) is 1.36. The summed E-state index contributed by atoms with van der Waals surface area (Å²) < 4.78 is 5.87. The van der Waals surface area contributed by atoms with Crippen LogP contribution in [0.4, 0.5) is 0 Å². The van der Waals surface area contributed by atoms with E-state index in [0.29, 0.717) is 6.10 Å². The minimum Gasteiger partial charge on any atom is -0.375 e. The lowest BCUT2D eigenvalue weighted by Gasteiger charge is -2.41. The third kappa shape index (κ3) is 3.55. The summed E-state index contributed by atoms with van der Waals surface area (Å²) in [5.41, 5.74) is 1.62. The zero-order valence-corrected chi connectivity index (χ0v) is 11.1. The van der Waals surface area contributed by atoms with Gasteiger partial charge in [-0.15, -0.1) is 0 Å². The van der Waals surface area contributed by atoms with Gasteiger partial charge >= 0.3 is 0 Å². The summed E-state index contributed by atoms with van der Waals surface area (Å²) in [4.78, 5) is 2.52. The highest BCUT2D eigenvalue weighted by Gasteiger charge is 2.28. The van der Waals surface area contributed by atoms with Crippen LogP contribution < -0.4 is 0 Å². The van der Waals surface area contributed by atoms with Gasteiger partial charge in [0.25, 0.3) is 0 Å². The first-order chi connectivity index (χ1) is 8.05. The van der Waals surface area contributed by atoms with Gasteiger partial charge in [-0.2, -0.15) is 0 Å². The van der Waals surface area contributed by atoms with Gasteiger partial charge in [-0.1, -0.05) is 30.3 Å². The summed E-state index contributed by atoms with van der Waals surface area (Å²) >= 11 is 0. The predicted molar refractivity (Wildman–Crippen MR) is 71.2 cm³/mol. The summed E-state index contributed by atoms with van der Waals surface area (Å²) in [7, 11) is 0. The van der Waals surface area contributed by atoms with Crippen LogP contribution in [0.25, 0.3) is 0 Å². The molecule has 2 heteroatoms. The zero-order chi connectivity index (χ0) is 12.3. The monoisotopic (exact) mass is 233 g/mol. The number of hydrogen-bond acceptors (Lipinski definition) is 2. The molecule has 1 aliphatic rings. The molecule has 0 radical (unpaired) electrons. The largest absolute Gasteiger partial charge is 0.375 e. The maximum Gasteiger partial charge on any atom is 0.0743 e. The lowest BCUT2D eigenvalue weighted by atomic mass is 10.0. The van der Waals surface area contributed by atoms with Gasteiger partial charge in [0, 0.05) is 18.6 Å². The summed E-state index contributed by atoms with van der Waals surface area (Å²) in [5, 5.41) is 0. The second-order valence-electron chi connectivity index (χ2n) is 5.80. The molecule has 0 amide bonds. The van der Waals surface area contributed by atoms with Crippen LogP contribution in [0.15, 0.2) is 30.3 Å². The molecule has 17 heavy (non-hydrogen) atoms. The van der Waals surface area contributed by atoms with Gasteiger partial charge in [0.05, 0.1) is 12.7 Å². The number of morpholine rings is 1. The minimum atomic E-state index is 0.249. The summed E-state index contributed by atoms with van der Waals surface area (Å²) in [6, 6.07) is 10.6. The second kappa shape index (κ2) is 5.19. The highest BCUT2D eigenvalue weighted by molar-refractivity contribution is 5.15. The minimum absolute atomic E-state index is 0.249. The van der Waals surface area contributed by atoms with E-state index in [9.17, 15) is 0 Å². The zero-order valence-electron chi connectivity index (χ0n) is 11.1. The van der Waals surface area contributed by atoms with E-state index in [2.05, 4.69) is 56.0 Å². The van der Waals surface area contributed by atoms with Crippen LogP contribution in [-0.4, -0.2) is 36.2 Å². The standard InChI is InChI=1S/C15H23NO/c1-15(2,3)16-9-10-17-14(12-16)11-13-7-5-4-6-8-13/h4-8,14H,9-12H2,1-3H3/t14-/m1/s1. The van der Waals surface area contributed by atoms with Crippen molar-refractivity contribution in [1.29, 1.82) is 0 Å². The molecule has 2 rings (SSSR count). The fourth-order valence-corrected chi connectivity index (χ4v) is 2.33. The van der Waals surface area contributed by atoms with E-state index >= 15 is 0 Å². The molecule has 1 atom stereocenters. The van der Waals surface area contributed by atoms with Crippen molar-refractivity contribution < 1.29 is 4.74 Å². The van der Waals surface area contributed by atoms with Gasteiger partial charge in [0.15, 0.2) is 0 Å². The van der Waals surface area contributed by atoms with Gasteiger partial charge in [0.2, 0.25) is 0 Å². The van der Waals surface area contributed by atoms with Crippen LogP contribution in [0, 0.1) is 0 Å². The molecule has 2 nitrogen and oxygen atoms in total. The van der Waals surface area contributed by atoms with Gasteiger partial charge in [0.1, 0.15) is 0 Å². The van der Waals surface area contributed by atoms with Crippen molar-refractivity contribution in [2.24, 2.45) is 0 Å². The topological polar surface area (TPSA) is 12.5 Å². The molecule has 1 saturated heterocycles. The van der Waals surface area contributed by atoms with E-state index in [1.807, 2.05) is 0 Å². The first-order valence-corrected chi connectivity index (χ1v) is 6.46. The molecule has 1 aliphatic heterocycles. The Labute approximate surface area is 105 Å². The molecule has 0 aliphatic carbocycles. The molecule has 1 fully saturated rings. The average Bonchev–Trinajstić information content (AvgIpc) is 2.29. The molecule has 0 unspecified atom stereocenters. The molecule has 1 aromatic rings. The summed E-state index contributed by atoms with van der Waals surface area (Å²) in [5.74, 6) is 0. The Bertz CT molecular complexity index is 342. The SMILES string of the molecule is CC(C)(C)N1CCO[C@H](Cc2ccccc2)C1. The van der Waals surface area contributed by atoms with Crippen molar-refractivity contribution in [2.75, 3.05) is 19.7 Å². The van der Waals surface area contributed by atoms with Crippen LogP contribution >= 0.6 is 0 Å².